The number of nitrogens with two attached hydrogens (primary N) is 1. The van der Waals surface area contributed by atoms with Gasteiger partial charge in [-0.25, -0.2) is 13.5 Å². The van der Waals surface area contributed by atoms with Crippen molar-refractivity contribution in [1.29, 1.82) is 0 Å². The maximum atomic E-state index is 12.1. The zero-order valence-corrected chi connectivity index (χ0v) is 9.44. The van der Waals surface area contributed by atoms with Crippen LogP contribution in [-0.2, 0) is 0 Å². The summed E-state index contributed by atoms with van der Waals surface area (Å²) in [5.74, 6) is 0.834. The van der Waals surface area contributed by atoms with Crippen molar-refractivity contribution in [2.75, 3.05) is 25.0 Å². The lowest BCUT2D eigenvalue weighted by molar-refractivity contribution is 0.130. The first-order chi connectivity index (χ1) is 8.16. The van der Waals surface area contributed by atoms with Crippen LogP contribution in [0.4, 0.5) is 14.6 Å². The van der Waals surface area contributed by atoms with Gasteiger partial charge in [0.1, 0.15) is 5.82 Å². The first kappa shape index (κ1) is 12.3. The molecule has 96 valence electrons. The topological polar surface area (TPSA) is 67.9 Å². The van der Waals surface area contributed by atoms with Gasteiger partial charge in [0, 0.05) is 38.2 Å². The molecular weight excluding hydrogens is 228 g/mol. The molecule has 17 heavy (non-hydrogen) atoms. The number of halogens is 2. The molecule has 0 saturated carbocycles. The number of hydrogen-bond donors (Lipinski definition) is 3. The molecule has 1 aromatic rings. The van der Waals surface area contributed by atoms with E-state index in [4.69, 9.17) is 5.73 Å². The van der Waals surface area contributed by atoms with Crippen molar-refractivity contribution in [2.24, 2.45) is 5.73 Å². The zero-order chi connectivity index (χ0) is 12.3. The Bertz CT molecular complexity index is 350. The van der Waals surface area contributed by atoms with Gasteiger partial charge in [0.15, 0.2) is 0 Å². The Morgan fingerprint density at radius 3 is 2.94 bits per heavy atom. The summed E-state index contributed by atoms with van der Waals surface area (Å²) >= 11 is 0. The molecule has 5 nitrogen and oxygen atoms in total. The number of hydrogen-bond acceptors (Lipinski definition) is 4. The van der Waals surface area contributed by atoms with E-state index in [1.54, 1.807) is 6.20 Å². The van der Waals surface area contributed by atoms with Crippen molar-refractivity contribution in [3.8, 4) is 0 Å². The fraction of sp³-hybridized carbons (Fsp3) is 0.700. The number of nitrogens with zero attached hydrogens (tertiary/aromatic N) is 2. The van der Waals surface area contributed by atoms with E-state index in [0.29, 0.717) is 12.6 Å². The second-order valence-electron chi connectivity index (χ2n) is 4.24. The van der Waals surface area contributed by atoms with E-state index in [-0.39, 0.29) is 6.42 Å². The fourth-order valence-corrected chi connectivity index (χ4v) is 1.74. The van der Waals surface area contributed by atoms with E-state index in [1.807, 2.05) is 10.7 Å². The van der Waals surface area contributed by atoms with Gasteiger partial charge in [-0.15, -0.1) is 0 Å². The first-order valence-electron chi connectivity index (χ1n) is 5.68. The quantitative estimate of drug-likeness (QED) is 0.679. The van der Waals surface area contributed by atoms with Crippen molar-refractivity contribution in [2.45, 2.75) is 24.9 Å². The van der Waals surface area contributed by atoms with Crippen molar-refractivity contribution in [3.05, 3.63) is 12.3 Å². The Morgan fingerprint density at radius 1 is 1.59 bits per heavy atom. The Balaban J connectivity index is 1.84. The highest BCUT2D eigenvalue weighted by atomic mass is 19.3. The molecule has 0 spiro atoms. The lowest BCUT2D eigenvalue weighted by atomic mass is 10.2. The van der Waals surface area contributed by atoms with Crippen LogP contribution >= 0.6 is 0 Å². The molecule has 1 saturated heterocycles. The average Bonchev–Trinajstić information content (AvgIpc) is 2.59. The summed E-state index contributed by atoms with van der Waals surface area (Å²) in [6.45, 7) is 2.11. The Kier molecular flexibility index (Phi) is 3.90. The monoisotopic (exact) mass is 245 g/mol. The molecule has 0 amide bonds. The minimum Gasteiger partial charge on any atom is -0.369 e. The summed E-state index contributed by atoms with van der Waals surface area (Å²) in [6.07, 6.45) is -0.946. The van der Waals surface area contributed by atoms with E-state index >= 15 is 0 Å². The van der Waals surface area contributed by atoms with Crippen LogP contribution in [0.2, 0.25) is 0 Å². The van der Waals surface area contributed by atoms with E-state index in [2.05, 4.69) is 15.7 Å². The molecular formula is C10H17F2N5. The normalized spacial score (nSPS) is 18.1. The summed E-state index contributed by atoms with van der Waals surface area (Å²) < 4.78 is 26.0. The third-order valence-corrected chi connectivity index (χ3v) is 2.80. The molecule has 2 heterocycles. The highest BCUT2D eigenvalue weighted by molar-refractivity contribution is 5.35. The summed E-state index contributed by atoms with van der Waals surface area (Å²) in [5, 5.41) is 10.4. The van der Waals surface area contributed by atoms with Gasteiger partial charge < -0.3 is 16.4 Å². The van der Waals surface area contributed by atoms with Gasteiger partial charge in [0.05, 0.1) is 12.2 Å². The molecule has 1 aliphatic rings. The van der Waals surface area contributed by atoms with Crippen LogP contribution in [-0.4, -0.2) is 41.9 Å². The molecule has 1 aliphatic heterocycles. The van der Waals surface area contributed by atoms with E-state index in [9.17, 15) is 8.78 Å². The Hall–Kier alpha value is -1.21. The van der Waals surface area contributed by atoms with Gasteiger partial charge in [-0.05, 0) is 0 Å². The smallest absolute Gasteiger partial charge is 0.240 e. The number of alkyl halides is 2. The molecule has 0 bridgehead atoms. The maximum absolute atomic E-state index is 12.1. The molecule has 0 aromatic carbocycles. The lowest BCUT2D eigenvalue weighted by Crippen LogP contribution is -2.44. The minimum atomic E-state index is -2.35. The zero-order valence-electron chi connectivity index (χ0n) is 9.44. The molecule has 1 unspecified atom stereocenters. The molecule has 1 atom stereocenters. The number of aromatic nitrogens is 2. The van der Waals surface area contributed by atoms with E-state index in [1.165, 1.54) is 0 Å². The first-order valence-corrected chi connectivity index (χ1v) is 5.68. The van der Waals surface area contributed by atoms with Crippen LogP contribution in [0, 0.1) is 0 Å². The van der Waals surface area contributed by atoms with E-state index < -0.39 is 12.5 Å². The summed E-state index contributed by atoms with van der Waals surface area (Å²) in [6, 6.07) is 1.63. The van der Waals surface area contributed by atoms with Crippen LogP contribution in [0.3, 0.4) is 0 Å². The van der Waals surface area contributed by atoms with Crippen molar-refractivity contribution in [1.82, 2.24) is 15.1 Å². The molecule has 2 rings (SSSR count). The van der Waals surface area contributed by atoms with Crippen molar-refractivity contribution >= 4 is 5.82 Å². The lowest BCUT2D eigenvalue weighted by Gasteiger charge is -2.29. The molecule has 4 N–H and O–H groups in total. The van der Waals surface area contributed by atoms with Crippen molar-refractivity contribution < 1.29 is 8.78 Å². The molecule has 1 fully saturated rings. The Labute approximate surface area is 98.4 Å². The highest BCUT2D eigenvalue weighted by Gasteiger charge is 2.21. The number of rotatable bonds is 6. The largest absolute Gasteiger partial charge is 0.369 e. The van der Waals surface area contributed by atoms with E-state index in [0.717, 1.165) is 18.9 Å². The van der Waals surface area contributed by atoms with Crippen LogP contribution in [0.25, 0.3) is 0 Å². The van der Waals surface area contributed by atoms with Gasteiger partial charge in [0.25, 0.3) is 0 Å². The summed E-state index contributed by atoms with van der Waals surface area (Å²) in [4.78, 5) is 0. The molecule has 0 aliphatic carbocycles. The SMILES string of the molecule is NC(CNc1ccnn1C1CNC1)CC(F)F. The van der Waals surface area contributed by atoms with Gasteiger partial charge in [-0.2, -0.15) is 5.10 Å². The fourth-order valence-electron chi connectivity index (χ4n) is 1.74. The van der Waals surface area contributed by atoms with Gasteiger partial charge in [0.2, 0.25) is 6.43 Å². The number of nitrogens with one attached hydrogen (secondary N) is 2. The van der Waals surface area contributed by atoms with Crippen LogP contribution in [0.5, 0.6) is 0 Å². The minimum absolute atomic E-state index is 0.286. The van der Waals surface area contributed by atoms with Gasteiger partial charge >= 0.3 is 0 Å². The van der Waals surface area contributed by atoms with Crippen LogP contribution in [0.1, 0.15) is 12.5 Å². The maximum Gasteiger partial charge on any atom is 0.240 e. The van der Waals surface area contributed by atoms with Crippen molar-refractivity contribution in [3.63, 3.8) is 0 Å². The third kappa shape index (κ3) is 3.13. The molecule has 1 aromatic heterocycles. The number of anilines is 1. The Morgan fingerprint density at radius 2 is 2.35 bits per heavy atom. The van der Waals surface area contributed by atoms with Gasteiger partial charge in [-0.3, -0.25) is 0 Å². The summed E-state index contributed by atoms with van der Waals surface area (Å²) in [5.41, 5.74) is 5.58. The summed E-state index contributed by atoms with van der Waals surface area (Å²) in [7, 11) is 0. The predicted octanol–water partition coefficient (Wildman–Crippen LogP) is 0.422. The average molecular weight is 245 g/mol. The second kappa shape index (κ2) is 5.42. The molecule has 7 heteroatoms. The third-order valence-electron chi connectivity index (χ3n) is 2.80. The van der Waals surface area contributed by atoms with Gasteiger partial charge in [-0.1, -0.05) is 0 Å². The van der Waals surface area contributed by atoms with Crippen LogP contribution in [0.15, 0.2) is 12.3 Å². The highest BCUT2D eigenvalue weighted by Crippen LogP contribution is 2.17. The van der Waals surface area contributed by atoms with Crippen LogP contribution < -0.4 is 16.4 Å². The predicted molar refractivity (Wildman–Crippen MR) is 61.2 cm³/mol. The second-order valence-corrected chi connectivity index (χ2v) is 4.24. The molecule has 0 radical (unpaired) electrons. The standard InChI is InChI=1S/C10H17F2N5/c11-9(12)3-7(13)4-15-10-1-2-16-17(10)8-5-14-6-8/h1-2,7-9,14-15H,3-6,13H2.